The number of hydrogen-bond donors (Lipinski definition) is 2. The van der Waals surface area contributed by atoms with Gasteiger partial charge in [0.25, 0.3) is 0 Å². The van der Waals surface area contributed by atoms with Crippen molar-refractivity contribution < 1.29 is 8.78 Å². The summed E-state index contributed by atoms with van der Waals surface area (Å²) >= 11 is 6.31. The Morgan fingerprint density at radius 3 is 2.68 bits per heavy atom. The van der Waals surface area contributed by atoms with Crippen molar-refractivity contribution in [2.24, 2.45) is 5.92 Å². The van der Waals surface area contributed by atoms with Gasteiger partial charge in [-0.2, -0.15) is 14.4 Å². The lowest BCUT2D eigenvalue weighted by Gasteiger charge is -2.17. The minimum atomic E-state index is -0.987. The Labute approximate surface area is 151 Å². The van der Waals surface area contributed by atoms with Crippen LogP contribution in [0.1, 0.15) is 32.3 Å². The summed E-state index contributed by atoms with van der Waals surface area (Å²) in [6.45, 7) is 9.44. The number of rotatable bonds is 8. The normalized spacial score (nSPS) is 12.4. The fraction of sp³-hybridized carbons (Fsp3) is 0.444. The topological polar surface area (TPSA) is 49.8 Å². The van der Waals surface area contributed by atoms with Gasteiger partial charge in [-0.15, -0.1) is 0 Å². The summed E-state index contributed by atoms with van der Waals surface area (Å²) < 4.78 is 28.1. The smallest absolute Gasteiger partial charge is 0.311 e. The predicted octanol–water partition coefficient (Wildman–Crippen LogP) is 4.64. The molecule has 136 valence electrons. The molecule has 0 spiro atoms. The number of fused-ring (bicyclic) bond motifs is 1. The molecule has 0 saturated heterocycles. The van der Waals surface area contributed by atoms with E-state index in [9.17, 15) is 8.78 Å². The van der Waals surface area contributed by atoms with Gasteiger partial charge in [-0.3, -0.25) is 0 Å². The fourth-order valence-electron chi connectivity index (χ4n) is 2.66. The average Bonchev–Trinajstić information content (AvgIpc) is 2.55. The zero-order valence-electron chi connectivity index (χ0n) is 14.7. The van der Waals surface area contributed by atoms with Crippen LogP contribution >= 0.6 is 11.6 Å². The Morgan fingerprint density at radius 1 is 1.32 bits per heavy atom. The van der Waals surface area contributed by atoms with Gasteiger partial charge in [-0.25, -0.2) is 4.39 Å². The van der Waals surface area contributed by atoms with Gasteiger partial charge < -0.3 is 10.6 Å². The Hall–Kier alpha value is -1.79. The third kappa shape index (κ3) is 4.44. The molecule has 25 heavy (non-hydrogen) atoms. The van der Waals surface area contributed by atoms with Crippen molar-refractivity contribution in [3.63, 3.8) is 0 Å². The molecular weight excluding hydrogens is 346 g/mol. The van der Waals surface area contributed by atoms with E-state index in [1.54, 1.807) is 7.05 Å². The average molecular weight is 369 g/mol. The van der Waals surface area contributed by atoms with E-state index in [4.69, 9.17) is 11.6 Å². The zero-order chi connectivity index (χ0) is 18.6. The first-order chi connectivity index (χ1) is 11.9. The van der Waals surface area contributed by atoms with Crippen LogP contribution < -0.4 is 10.6 Å². The monoisotopic (exact) mass is 368 g/mol. The van der Waals surface area contributed by atoms with Gasteiger partial charge in [0.05, 0.1) is 10.4 Å². The summed E-state index contributed by atoms with van der Waals surface area (Å²) in [5, 5.41) is 6.60. The standard InChI is InChI=1S/C18H23ClF2N4/c1-5-10(2)8-11(3)14-12(19)9-13(20)16-15(14)17(23-7-6-22-4)25-18(21)24-16/h9-10,22H,3,5-8H2,1-2,4H3,(H,23,24,25)/t10-/m1/s1. The molecule has 0 amide bonds. The first-order valence-corrected chi connectivity index (χ1v) is 8.68. The van der Waals surface area contributed by atoms with E-state index in [1.807, 2.05) is 0 Å². The van der Waals surface area contributed by atoms with Gasteiger partial charge in [-0.1, -0.05) is 38.4 Å². The molecule has 0 radical (unpaired) electrons. The van der Waals surface area contributed by atoms with Gasteiger partial charge in [-0.05, 0) is 31.0 Å². The Kier molecular flexibility index (Phi) is 6.67. The maximum absolute atomic E-state index is 14.4. The SMILES string of the molecule is C=C(C[C@H](C)CC)c1c(Cl)cc(F)c2nc(F)nc(NCCNC)c12. The zero-order valence-corrected chi connectivity index (χ0v) is 15.5. The van der Waals surface area contributed by atoms with Crippen LogP contribution in [0, 0.1) is 17.8 Å². The lowest BCUT2D eigenvalue weighted by molar-refractivity contribution is 0.541. The van der Waals surface area contributed by atoms with Crippen molar-refractivity contribution >= 4 is 33.9 Å². The van der Waals surface area contributed by atoms with Crippen molar-refractivity contribution in [2.45, 2.75) is 26.7 Å². The van der Waals surface area contributed by atoms with Crippen LogP contribution in [0.3, 0.4) is 0 Å². The number of hydrogen-bond acceptors (Lipinski definition) is 4. The van der Waals surface area contributed by atoms with E-state index in [0.29, 0.717) is 36.4 Å². The summed E-state index contributed by atoms with van der Waals surface area (Å²) in [5.74, 6) is -0.0664. The Balaban J connectivity index is 2.64. The van der Waals surface area contributed by atoms with Crippen molar-refractivity contribution in [1.29, 1.82) is 0 Å². The van der Waals surface area contributed by atoms with Gasteiger partial charge in [0.2, 0.25) is 0 Å². The van der Waals surface area contributed by atoms with Crippen LogP contribution in [0.4, 0.5) is 14.6 Å². The highest BCUT2D eigenvalue weighted by atomic mass is 35.5. The number of nitrogens with zero attached hydrogens (tertiary/aromatic N) is 2. The lowest BCUT2D eigenvalue weighted by Crippen LogP contribution is -2.19. The summed E-state index contributed by atoms with van der Waals surface area (Å²) in [6.07, 6.45) is 0.692. The molecule has 4 nitrogen and oxygen atoms in total. The maximum Gasteiger partial charge on any atom is 0.311 e. The number of aromatic nitrogens is 2. The van der Waals surface area contributed by atoms with Crippen LogP contribution in [0.2, 0.25) is 5.02 Å². The van der Waals surface area contributed by atoms with E-state index in [0.717, 1.165) is 18.1 Å². The largest absolute Gasteiger partial charge is 0.368 e. The van der Waals surface area contributed by atoms with E-state index in [1.165, 1.54) is 0 Å². The first kappa shape index (κ1) is 19.5. The van der Waals surface area contributed by atoms with Crippen LogP contribution in [0.25, 0.3) is 16.5 Å². The molecule has 0 aliphatic heterocycles. The molecule has 0 aliphatic rings. The Bertz CT molecular complexity index is 779. The minimum absolute atomic E-state index is 0.0934. The Morgan fingerprint density at radius 2 is 2.04 bits per heavy atom. The molecule has 1 atom stereocenters. The van der Waals surface area contributed by atoms with Crippen molar-refractivity contribution in [2.75, 3.05) is 25.5 Å². The van der Waals surface area contributed by atoms with Gasteiger partial charge >= 0.3 is 6.08 Å². The van der Waals surface area contributed by atoms with E-state index in [2.05, 4.69) is 41.0 Å². The number of allylic oxidation sites excluding steroid dienone is 1. The highest BCUT2D eigenvalue weighted by Crippen LogP contribution is 2.38. The molecule has 1 aromatic heterocycles. The number of nitrogens with one attached hydrogen (secondary N) is 2. The van der Waals surface area contributed by atoms with Crippen LogP contribution in [-0.2, 0) is 0 Å². The summed E-state index contributed by atoms with van der Waals surface area (Å²) in [7, 11) is 1.80. The summed E-state index contributed by atoms with van der Waals surface area (Å²) in [4.78, 5) is 7.45. The molecule has 1 aromatic carbocycles. The second-order valence-corrected chi connectivity index (χ2v) is 6.54. The van der Waals surface area contributed by atoms with Gasteiger partial charge in [0.1, 0.15) is 11.3 Å². The first-order valence-electron chi connectivity index (χ1n) is 8.30. The molecular formula is C18H23ClF2N4. The van der Waals surface area contributed by atoms with Crippen molar-refractivity contribution in [3.05, 3.63) is 35.1 Å². The molecule has 0 aliphatic carbocycles. The third-order valence-electron chi connectivity index (χ3n) is 4.16. The predicted molar refractivity (Wildman–Crippen MR) is 100.0 cm³/mol. The van der Waals surface area contributed by atoms with Crippen molar-refractivity contribution in [1.82, 2.24) is 15.3 Å². The van der Waals surface area contributed by atoms with Gasteiger partial charge in [0.15, 0.2) is 5.82 Å². The molecule has 0 fully saturated rings. The quantitative estimate of drug-likeness (QED) is 0.526. The van der Waals surface area contributed by atoms with E-state index in [-0.39, 0.29) is 16.4 Å². The number of halogens is 3. The van der Waals surface area contributed by atoms with Gasteiger partial charge in [0, 0.05) is 18.7 Å². The number of likely N-dealkylation sites (N-methyl/N-ethyl adjacent to an activating group) is 1. The van der Waals surface area contributed by atoms with Crippen LogP contribution in [0.5, 0.6) is 0 Å². The summed E-state index contributed by atoms with van der Waals surface area (Å²) in [6, 6.07) is 1.16. The molecule has 2 rings (SSSR count). The second kappa shape index (κ2) is 8.54. The third-order valence-corrected chi connectivity index (χ3v) is 4.46. The molecule has 7 heteroatoms. The molecule has 1 heterocycles. The maximum atomic E-state index is 14.4. The minimum Gasteiger partial charge on any atom is -0.368 e. The molecule has 0 unspecified atom stereocenters. The highest BCUT2D eigenvalue weighted by Gasteiger charge is 2.21. The molecule has 2 N–H and O–H groups in total. The van der Waals surface area contributed by atoms with E-state index >= 15 is 0 Å². The van der Waals surface area contributed by atoms with Crippen LogP contribution in [0.15, 0.2) is 12.6 Å². The fourth-order valence-corrected chi connectivity index (χ4v) is 2.98. The number of benzene rings is 1. The number of anilines is 1. The van der Waals surface area contributed by atoms with Crippen molar-refractivity contribution in [3.8, 4) is 0 Å². The highest BCUT2D eigenvalue weighted by molar-refractivity contribution is 6.34. The lowest BCUT2D eigenvalue weighted by atomic mass is 9.92. The summed E-state index contributed by atoms with van der Waals surface area (Å²) in [5.41, 5.74) is 1.24. The molecule has 0 saturated carbocycles. The van der Waals surface area contributed by atoms with Crippen LogP contribution in [-0.4, -0.2) is 30.1 Å². The van der Waals surface area contributed by atoms with E-state index < -0.39 is 11.9 Å². The molecule has 0 bridgehead atoms. The second-order valence-electron chi connectivity index (χ2n) is 6.13. The molecule has 2 aromatic rings.